The molecule has 4 bridgehead atoms. The fraction of sp³-hybridized carbons (Fsp3) is 0.750. The third kappa shape index (κ3) is 2.61. The van der Waals surface area contributed by atoms with Gasteiger partial charge in [0.05, 0.1) is 6.10 Å². The summed E-state index contributed by atoms with van der Waals surface area (Å²) >= 11 is 0. The third-order valence-electron chi connectivity index (χ3n) is 7.32. The number of H-pyrrole nitrogens is 1. The first-order valence-corrected chi connectivity index (χ1v) is 10.1. The number of rotatable bonds is 2. The Kier molecular flexibility index (Phi) is 3.75. The van der Waals surface area contributed by atoms with Crippen LogP contribution < -0.4 is 5.56 Å². The van der Waals surface area contributed by atoms with Gasteiger partial charge in [0.25, 0.3) is 11.5 Å². The van der Waals surface area contributed by atoms with Crippen molar-refractivity contribution >= 4 is 5.91 Å². The Morgan fingerprint density at radius 1 is 1.12 bits per heavy atom. The second kappa shape index (κ2) is 5.91. The van der Waals surface area contributed by atoms with Gasteiger partial charge in [-0.25, -0.2) is 4.98 Å². The summed E-state index contributed by atoms with van der Waals surface area (Å²) in [6, 6.07) is 0. The van der Waals surface area contributed by atoms with Crippen LogP contribution in [0.4, 0.5) is 0 Å². The number of hydrogen-bond acceptors (Lipinski definition) is 4. The molecule has 2 heterocycles. The number of aliphatic hydroxyl groups excluding tert-OH is 1. The number of piperidine rings is 1. The van der Waals surface area contributed by atoms with Crippen molar-refractivity contribution in [2.45, 2.75) is 62.9 Å². The van der Waals surface area contributed by atoms with Gasteiger partial charge in [-0.05, 0) is 69.1 Å². The lowest BCUT2D eigenvalue weighted by Crippen LogP contribution is -2.50. The average molecular weight is 357 g/mol. The maximum Gasteiger partial charge on any atom is 0.263 e. The number of hydrogen-bond donors (Lipinski definition) is 2. The van der Waals surface area contributed by atoms with Crippen LogP contribution in [0.1, 0.15) is 67.5 Å². The molecule has 26 heavy (non-hydrogen) atoms. The van der Waals surface area contributed by atoms with Crippen molar-refractivity contribution in [1.29, 1.82) is 0 Å². The molecule has 6 heteroatoms. The Hall–Kier alpha value is -1.69. The largest absolute Gasteiger partial charge is 0.393 e. The molecule has 0 aromatic carbocycles. The minimum Gasteiger partial charge on any atom is -0.393 e. The number of aromatic nitrogens is 2. The number of nitrogens with one attached hydrogen (secondary N) is 1. The molecule has 1 aromatic rings. The zero-order valence-electron chi connectivity index (χ0n) is 15.1. The molecule has 1 amide bonds. The molecular weight excluding hydrogens is 330 g/mol. The summed E-state index contributed by atoms with van der Waals surface area (Å²) < 4.78 is 0. The number of aromatic amines is 1. The highest BCUT2D eigenvalue weighted by molar-refractivity contribution is 5.93. The number of likely N-dealkylation sites (tertiary alicyclic amines) is 1. The fourth-order valence-corrected chi connectivity index (χ4v) is 6.46. The van der Waals surface area contributed by atoms with Crippen LogP contribution in [0.5, 0.6) is 0 Å². The Labute approximate surface area is 153 Å². The standard InChI is InChI=1S/C20H27N3O3/c24-15-1-3-23(4-2-15)18(26)16-11-21-19(22-17(16)25)20-8-12-5-13(9-20)7-14(6-12)10-20/h11-15,24H,1-10H2,(H,21,22,25). The van der Waals surface area contributed by atoms with Gasteiger partial charge in [-0.1, -0.05) is 0 Å². The maximum atomic E-state index is 12.7. The van der Waals surface area contributed by atoms with Crippen LogP contribution in [0.15, 0.2) is 11.0 Å². The van der Waals surface area contributed by atoms with Crippen LogP contribution in [0.3, 0.4) is 0 Å². The topological polar surface area (TPSA) is 86.3 Å². The average Bonchev–Trinajstić information content (AvgIpc) is 2.60. The third-order valence-corrected chi connectivity index (χ3v) is 7.32. The van der Waals surface area contributed by atoms with Gasteiger partial charge >= 0.3 is 0 Å². The van der Waals surface area contributed by atoms with Crippen LogP contribution in [0.2, 0.25) is 0 Å². The van der Waals surface area contributed by atoms with Crippen LogP contribution in [-0.4, -0.2) is 45.1 Å². The van der Waals surface area contributed by atoms with E-state index in [1.807, 2.05) is 0 Å². The van der Waals surface area contributed by atoms with E-state index in [1.54, 1.807) is 4.90 Å². The number of carbonyl (C=O) groups excluding carboxylic acids is 1. The van der Waals surface area contributed by atoms with E-state index in [4.69, 9.17) is 0 Å². The van der Waals surface area contributed by atoms with Crippen molar-refractivity contribution in [2.75, 3.05) is 13.1 Å². The Morgan fingerprint density at radius 3 is 2.23 bits per heavy atom. The van der Waals surface area contributed by atoms with E-state index in [2.05, 4.69) is 9.97 Å². The number of carbonyl (C=O) groups is 1. The molecule has 5 aliphatic rings. The highest BCUT2D eigenvalue weighted by atomic mass is 16.3. The zero-order chi connectivity index (χ0) is 17.9. The van der Waals surface area contributed by atoms with Gasteiger partial charge in [-0.15, -0.1) is 0 Å². The Bertz CT molecular complexity index is 743. The van der Waals surface area contributed by atoms with Crippen LogP contribution in [0, 0.1) is 17.8 Å². The Morgan fingerprint density at radius 2 is 1.69 bits per heavy atom. The highest BCUT2D eigenvalue weighted by Gasteiger charge is 2.53. The molecule has 5 fully saturated rings. The predicted octanol–water partition coefficient (Wildman–Crippen LogP) is 1.83. The molecule has 1 aromatic heterocycles. The van der Waals surface area contributed by atoms with E-state index >= 15 is 0 Å². The lowest BCUT2D eigenvalue weighted by molar-refractivity contribution is -0.00956. The van der Waals surface area contributed by atoms with Crippen molar-refractivity contribution < 1.29 is 9.90 Å². The highest BCUT2D eigenvalue weighted by Crippen LogP contribution is 2.59. The summed E-state index contributed by atoms with van der Waals surface area (Å²) in [5, 5.41) is 9.60. The first-order valence-electron chi connectivity index (χ1n) is 10.1. The first-order chi connectivity index (χ1) is 12.5. The van der Waals surface area contributed by atoms with Gasteiger partial charge in [-0.2, -0.15) is 0 Å². The molecular formula is C20H27N3O3. The summed E-state index contributed by atoms with van der Waals surface area (Å²) in [6.07, 6.45) is 9.76. The summed E-state index contributed by atoms with van der Waals surface area (Å²) in [5.41, 5.74) is -0.137. The van der Waals surface area contributed by atoms with Crippen molar-refractivity contribution in [1.82, 2.24) is 14.9 Å². The summed E-state index contributed by atoms with van der Waals surface area (Å²) in [4.78, 5) is 34.6. The zero-order valence-corrected chi connectivity index (χ0v) is 15.1. The normalized spacial score (nSPS) is 36.5. The molecule has 6 nitrogen and oxygen atoms in total. The van der Waals surface area contributed by atoms with Crippen molar-refractivity contribution in [2.24, 2.45) is 17.8 Å². The van der Waals surface area contributed by atoms with E-state index in [-0.39, 0.29) is 28.5 Å². The number of nitrogens with zero attached hydrogens (tertiary/aromatic N) is 2. The van der Waals surface area contributed by atoms with Gasteiger partial charge in [0.15, 0.2) is 0 Å². The lowest BCUT2D eigenvalue weighted by Gasteiger charge is -2.56. The Balaban J connectivity index is 1.41. The molecule has 0 unspecified atom stereocenters. The second-order valence-electron chi connectivity index (χ2n) is 9.20. The molecule has 0 spiro atoms. The van der Waals surface area contributed by atoms with Gasteiger partial charge in [0, 0.05) is 24.7 Å². The van der Waals surface area contributed by atoms with Crippen molar-refractivity contribution in [3.63, 3.8) is 0 Å². The van der Waals surface area contributed by atoms with Crippen molar-refractivity contribution in [3.05, 3.63) is 27.9 Å². The first kappa shape index (κ1) is 16.5. The van der Waals surface area contributed by atoms with Crippen molar-refractivity contribution in [3.8, 4) is 0 Å². The molecule has 4 aliphatic carbocycles. The smallest absolute Gasteiger partial charge is 0.263 e. The fourth-order valence-electron chi connectivity index (χ4n) is 6.46. The van der Waals surface area contributed by atoms with E-state index in [1.165, 1.54) is 25.5 Å². The second-order valence-corrected chi connectivity index (χ2v) is 9.20. The van der Waals surface area contributed by atoms with Crippen LogP contribution >= 0.6 is 0 Å². The molecule has 4 saturated carbocycles. The van der Waals surface area contributed by atoms with E-state index < -0.39 is 0 Å². The molecule has 1 saturated heterocycles. The van der Waals surface area contributed by atoms with Crippen LogP contribution in [0.25, 0.3) is 0 Å². The van der Waals surface area contributed by atoms with Crippen LogP contribution in [-0.2, 0) is 5.41 Å². The minimum absolute atomic E-state index is 0.0325. The van der Waals surface area contributed by atoms with Gasteiger partial charge in [0.1, 0.15) is 11.4 Å². The molecule has 2 N–H and O–H groups in total. The maximum absolute atomic E-state index is 12.7. The predicted molar refractivity (Wildman–Crippen MR) is 95.9 cm³/mol. The molecule has 0 atom stereocenters. The quantitative estimate of drug-likeness (QED) is 0.845. The molecule has 1 aliphatic heterocycles. The van der Waals surface area contributed by atoms with Gasteiger partial charge < -0.3 is 15.0 Å². The van der Waals surface area contributed by atoms with E-state index in [0.29, 0.717) is 25.9 Å². The minimum atomic E-state index is -0.339. The molecule has 6 rings (SSSR count). The van der Waals surface area contributed by atoms with Gasteiger partial charge in [-0.3, -0.25) is 9.59 Å². The molecule has 0 radical (unpaired) electrons. The lowest BCUT2D eigenvalue weighted by atomic mass is 9.49. The SMILES string of the molecule is O=C(c1cnc(C23CC4CC(CC(C4)C2)C3)[nH]c1=O)N1CCC(O)CC1. The molecule has 140 valence electrons. The monoisotopic (exact) mass is 357 g/mol. The number of amides is 1. The summed E-state index contributed by atoms with van der Waals surface area (Å²) in [7, 11) is 0. The summed E-state index contributed by atoms with van der Waals surface area (Å²) in [5.74, 6) is 2.91. The summed E-state index contributed by atoms with van der Waals surface area (Å²) in [6.45, 7) is 0.992. The van der Waals surface area contributed by atoms with Gasteiger partial charge in [0.2, 0.25) is 0 Å². The van der Waals surface area contributed by atoms with E-state index in [9.17, 15) is 14.7 Å². The number of aliphatic hydroxyl groups is 1. The van der Waals surface area contributed by atoms with E-state index in [0.717, 1.165) is 42.8 Å².